The minimum absolute atomic E-state index is 0.185. The first-order chi connectivity index (χ1) is 8.63. The first-order valence-corrected chi connectivity index (χ1v) is 8.25. The summed E-state index contributed by atoms with van der Waals surface area (Å²) in [5.74, 6) is 7.55. The zero-order valence-electron chi connectivity index (χ0n) is 10.0. The molecule has 3 unspecified atom stereocenters. The third-order valence-electron chi connectivity index (χ3n) is 3.04. The number of hydrogen-bond acceptors (Lipinski definition) is 4. The van der Waals surface area contributed by atoms with Crippen molar-refractivity contribution in [1.29, 1.82) is 0 Å². The van der Waals surface area contributed by atoms with Gasteiger partial charge < -0.3 is 0 Å². The van der Waals surface area contributed by atoms with Crippen LogP contribution in [0.2, 0.25) is 5.02 Å². The van der Waals surface area contributed by atoms with Gasteiger partial charge >= 0.3 is 0 Å². The van der Waals surface area contributed by atoms with Gasteiger partial charge in [0.15, 0.2) is 0 Å². The molecule has 6 heteroatoms. The number of hydrogen-bond donors (Lipinski definition) is 2. The molecule has 100 valence electrons. The highest BCUT2D eigenvalue weighted by Crippen LogP contribution is 2.39. The first-order valence-electron chi connectivity index (χ1n) is 5.77. The van der Waals surface area contributed by atoms with Gasteiger partial charge in [-0.2, -0.15) is 23.5 Å². The number of benzene rings is 1. The largest absolute Gasteiger partial charge is 0.271 e. The van der Waals surface area contributed by atoms with Crippen molar-refractivity contribution in [3.63, 3.8) is 0 Å². The second-order valence-electron chi connectivity index (χ2n) is 4.22. The maximum absolute atomic E-state index is 14.0. The molecule has 0 spiro atoms. The predicted octanol–water partition coefficient (Wildman–Crippen LogP) is 3.22. The Hall–Kier alpha value is 0.0600. The summed E-state index contributed by atoms with van der Waals surface area (Å²) in [4.78, 5) is 0. The number of nitrogens with one attached hydrogen (secondary N) is 1. The lowest BCUT2D eigenvalue weighted by Crippen LogP contribution is -2.41. The molecule has 3 N–H and O–H groups in total. The fourth-order valence-electron chi connectivity index (χ4n) is 2.13. The highest BCUT2D eigenvalue weighted by molar-refractivity contribution is 8.07. The van der Waals surface area contributed by atoms with Crippen LogP contribution in [0.3, 0.4) is 0 Å². The number of nitrogens with two attached hydrogens (primary N) is 1. The molecule has 1 aliphatic heterocycles. The Balaban J connectivity index is 2.26. The second kappa shape index (κ2) is 6.48. The summed E-state index contributed by atoms with van der Waals surface area (Å²) in [5, 5.41) is 1.12. The SMILES string of the molecule is CC1SCCSC1C(NN)c1ccc(Cl)cc1F. The normalized spacial score (nSPS) is 26.0. The summed E-state index contributed by atoms with van der Waals surface area (Å²) in [6, 6.07) is 4.58. The molecule has 2 nitrogen and oxygen atoms in total. The first kappa shape index (κ1) is 14.5. The van der Waals surface area contributed by atoms with Gasteiger partial charge in [-0.05, 0) is 12.1 Å². The maximum atomic E-state index is 14.0. The summed E-state index contributed by atoms with van der Waals surface area (Å²) in [6.07, 6.45) is 0. The Bertz CT molecular complexity index is 419. The Kier molecular flexibility index (Phi) is 5.21. The van der Waals surface area contributed by atoms with Crippen LogP contribution in [0, 0.1) is 5.82 Å². The van der Waals surface area contributed by atoms with E-state index in [9.17, 15) is 4.39 Å². The molecule has 0 bridgehead atoms. The van der Waals surface area contributed by atoms with Crippen molar-refractivity contribution in [2.75, 3.05) is 11.5 Å². The molecular formula is C12H16ClFN2S2. The molecule has 0 aliphatic carbocycles. The van der Waals surface area contributed by atoms with E-state index in [1.807, 2.05) is 23.5 Å². The van der Waals surface area contributed by atoms with E-state index >= 15 is 0 Å². The van der Waals surface area contributed by atoms with E-state index in [1.165, 1.54) is 6.07 Å². The fraction of sp³-hybridized carbons (Fsp3) is 0.500. The summed E-state index contributed by atoms with van der Waals surface area (Å²) in [7, 11) is 0. The van der Waals surface area contributed by atoms with Crippen LogP contribution < -0.4 is 11.3 Å². The summed E-state index contributed by atoms with van der Waals surface area (Å²) in [6.45, 7) is 2.17. The van der Waals surface area contributed by atoms with E-state index in [0.717, 1.165) is 11.5 Å². The molecule has 1 heterocycles. The highest BCUT2D eigenvalue weighted by atomic mass is 35.5. The van der Waals surface area contributed by atoms with Gasteiger partial charge in [-0.25, -0.2) is 4.39 Å². The predicted molar refractivity (Wildman–Crippen MR) is 79.6 cm³/mol. The Morgan fingerprint density at radius 1 is 1.44 bits per heavy atom. The molecular weight excluding hydrogens is 291 g/mol. The minimum Gasteiger partial charge on any atom is -0.271 e. The van der Waals surface area contributed by atoms with Crippen molar-refractivity contribution in [3.05, 3.63) is 34.6 Å². The van der Waals surface area contributed by atoms with Crippen molar-refractivity contribution >= 4 is 35.1 Å². The molecule has 2 rings (SSSR count). The zero-order chi connectivity index (χ0) is 13.1. The van der Waals surface area contributed by atoms with Crippen LogP contribution in [0.5, 0.6) is 0 Å². The molecule has 0 saturated carbocycles. The Morgan fingerprint density at radius 2 is 2.17 bits per heavy atom. The van der Waals surface area contributed by atoms with Gasteiger partial charge in [0, 0.05) is 32.6 Å². The third-order valence-corrected chi connectivity index (χ3v) is 6.47. The Morgan fingerprint density at radius 3 is 2.78 bits per heavy atom. The fourth-order valence-corrected chi connectivity index (χ4v) is 5.21. The standard InChI is InChI=1S/C12H16ClFN2S2/c1-7-12(18-5-4-17-7)11(16-15)9-3-2-8(13)6-10(9)14/h2-3,6-7,11-12,16H,4-5,15H2,1H3. The number of hydrazine groups is 1. The number of rotatable bonds is 3. The molecule has 18 heavy (non-hydrogen) atoms. The van der Waals surface area contributed by atoms with Gasteiger partial charge in [0.25, 0.3) is 0 Å². The lowest BCUT2D eigenvalue weighted by molar-refractivity contribution is 0.494. The average molecular weight is 307 g/mol. The lowest BCUT2D eigenvalue weighted by Gasteiger charge is -2.34. The van der Waals surface area contributed by atoms with Crippen LogP contribution in [0.25, 0.3) is 0 Å². The van der Waals surface area contributed by atoms with E-state index in [-0.39, 0.29) is 17.1 Å². The Labute approximate surface area is 120 Å². The van der Waals surface area contributed by atoms with Crippen LogP contribution >= 0.6 is 35.1 Å². The van der Waals surface area contributed by atoms with E-state index in [0.29, 0.717) is 15.8 Å². The average Bonchev–Trinajstić information content (AvgIpc) is 2.34. The van der Waals surface area contributed by atoms with Crippen LogP contribution in [-0.2, 0) is 0 Å². The monoisotopic (exact) mass is 306 g/mol. The molecule has 1 aromatic rings. The molecule has 1 saturated heterocycles. The molecule has 0 radical (unpaired) electrons. The van der Waals surface area contributed by atoms with E-state index in [1.54, 1.807) is 12.1 Å². The van der Waals surface area contributed by atoms with Gasteiger partial charge in [0.05, 0.1) is 6.04 Å². The van der Waals surface area contributed by atoms with E-state index < -0.39 is 0 Å². The van der Waals surface area contributed by atoms with E-state index in [4.69, 9.17) is 17.4 Å². The summed E-state index contributed by atoms with van der Waals surface area (Å²) < 4.78 is 14.0. The van der Waals surface area contributed by atoms with E-state index in [2.05, 4.69) is 12.3 Å². The summed E-state index contributed by atoms with van der Waals surface area (Å²) >= 11 is 9.54. The number of halogens is 2. The number of thioether (sulfide) groups is 2. The smallest absolute Gasteiger partial charge is 0.129 e. The topological polar surface area (TPSA) is 38.0 Å². The zero-order valence-corrected chi connectivity index (χ0v) is 12.4. The maximum Gasteiger partial charge on any atom is 0.129 e. The second-order valence-corrected chi connectivity index (χ2v) is 7.43. The van der Waals surface area contributed by atoms with Gasteiger partial charge in [-0.1, -0.05) is 24.6 Å². The highest BCUT2D eigenvalue weighted by Gasteiger charge is 2.32. The van der Waals surface area contributed by atoms with Gasteiger partial charge in [-0.3, -0.25) is 11.3 Å². The molecule has 1 fully saturated rings. The minimum atomic E-state index is -0.297. The van der Waals surface area contributed by atoms with Gasteiger partial charge in [0.2, 0.25) is 0 Å². The lowest BCUT2D eigenvalue weighted by atomic mass is 10.0. The van der Waals surface area contributed by atoms with Crippen molar-refractivity contribution in [2.24, 2.45) is 5.84 Å². The van der Waals surface area contributed by atoms with Crippen LogP contribution in [0.4, 0.5) is 4.39 Å². The van der Waals surface area contributed by atoms with Crippen LogP contribution in [-0.4, -0.2) is 22.0 Å². The van der Waals surface area contributed by atoms with Gasteiger partial charge in [0.1, 0.15) is 5.82 Å². The molecule has 0 aromatic heterocycles. The van der Waals surface area contributed by atoms with Crippen molar-refractivity contribution in [1.82, 2.24) is 5.43 Å². The summed E-state index contributed by atoms with van der Waals surface area (Å²) in [5.41, 5.74) is 3.35. The molecule has 1 aliphatic rings. The van der Waals surface area contributed by atoms with Crippen molar-refractivity contribution in [2.45, 2.75) is 23.5 Å². The van der Waals surface area contributed by atoms with Crippen LogP contribution in [0.15, 0.2) is 18.2 Å². The van der Waals surface area contributed by atoms with Crippen molar-refractivity contribution < 1.29 is 4.39 Å². The van der Waals surface area contributed by atoms with Crippen LogP contribution in [0.1, 0.15) is 18.5 Å². The molecule has 0 amide bonds. The van der Waals surface area contributed by atoms with Gasteiger partial charge in [-0.15, -0.1) is 0 Å². The quantitative estimate of drug-likeness (QED) is 0.664. The third kappa shape index (κ3) is 3.14. The van der Waals surface area contributed by atoms with Crippen molar-refractivity contribution in [3.8, 4) is 0 Å². The molecule has 3 atom stereocenters. The molecule has 1 aromatic carbocycles.